The molecule has 1 N–H and O–H groups in total. The zero-order chi connectivity index (χ0) is 17.6. The molecule has 0 bridgehead atoms. The zero-order valence-electron chi connectivity index (χ0n) is 13.2. The Bertz CT molecular complexity index is 909. The highest BCUT2D eigenvalue weighted by Gasteiger charge is 2.42. The molecule has 0 fully saturated rings. The SMILES string of the molecule is O=[N+]([O-])c1ccccc1[C@@H]1Nc2c(cccc2[N+](=O)[O-])[C@H]2C=CC[C@H]21. The fraction of sp³-hybridized carbons (Fsp3) is 0.222. The molecule has 0 unspecified atom stereocenters. The minimum absolute atomic E-state index is 0.000154. The number of fused-ring (bicyclic) bond motifs is 3. The van der Waals surface area contributed by atoms with E-state index in [4.69, 9.17) is 0 Å². The van der Waals surface area contributed by atoms with Gasteiger partial charge in [0.15, 0.2) is 0 Å². The number of hydrogen-bond donors (Lipinski definition) is 1. The van der Waals surface area contributed by atoms with Crippen molar-refractivity contribution in [1.29, 1.82) is 0 Å². The Morgan fingerprint density at radius 2 is 1.60 bits per heavy atom. The number of allylic oxidation sites excluding steroid dienone is 2. The summed E-state index contributed by atoms with van der Waals surface area (Å²) < 4.78 is 0. The molecule has 1 aliphatic carbocycles. The van der Waals surface area contributed by atoms with Gasteiger partial charge < -0.3 is 5.32 Å². The second-order valence-corrected chi connectivity index (χ2v) is 6.29. The normalized spacial score (nSPS) is 23.4. The maximum atomic E-state index is 11.4. The lowest BCUT2D eigenvalue weighted by atomic mass is 9.76. The largest absolute Gasteiger partial charge is 0.372 e. The van der Waals surface area contributed by atoms with E-state index in [2.05, 4.69) is 11.4 Å². The predicted molar refractivity (Wildman–Crippen MR) is 92.5 cm³/mol. The van der Waals surface area contributed by atoms with Gasteiger partial charge in [-0.25, -0.2) is 0 Å². The molecule has 0 aromatic heterocycles. The van der Waals surface area contributed by atoms with Gasteiger partial charge in [-0.05, 0) is 17.9 Å². The molecule has 7 heteroatoms. The third-order valence-corrected chi connectivity index (χ3v) is 5.04. The third kappa shape index (κ3) is 2.36. The van der Waals surface area contributed by atoms with Crippen molar-refractivity contribution in [3.63, 3.8) is 0 Å². The smallest absolute Gasteiger partial charge is 0.292 e. The Labute approximate surface area is 143 Å². The lowest BCUT2D eigenvalue weighted by Gasteiger charge is -2.36. The van der Waals surface area contributed by atoms with Gasteiger partial charge in [0.05, 0.1) is 21.5 Å². The summed E-state index contributed by atoms with van der Waals surface area (Å²) in [5.41, 5.74) is 1.94. The quantitative estimate of drug-likeness (QED) is 0.510. The monoisotopic (exact) mass is 337 g/mol. The predicted octanol–water partition coefficient (Wildman–Crippen LogP) is 4.33. The van der Waals surface area contributed by atoms with E-state index in [1.54, 1.807) is 24.3 Å². The van der Waals surface area contributed by atoms with Crippen molar-refractivity contribution in [2.75, 3.05) is 5.32 Å². The highest BCUT2D eigenvalue weighted by molar-refractivity contribution is 5.71. The molecular formula is C18H15N3O4. The molecule has 0 amide bonds. The van der Waals surface area contributed by atoms with E-state index < -0.39 is 9.85 Å². The summed E-state index contributed by atoms with van der Waals surface area (Å²) in [7, 11) is 0. The van der Waals surface area contributed by atoms with Crippen molar-refractivity contribution < 1.29 is 9.85 Å². The number of hydrogen-bond acceptors (Lipinski definition) is 5. The molecule has 126 valence electrons. The van der Waals surface area contributed by atoms with Gasteiger partial charge in [0, 0.05) is 18.1 Å². The maximum absolute atomic E-state index is 11.4. The van der Waals surface area contributed by atoms with Crippen molar-refractivity contribution in [3.8, 4) is 0 Å². The zero-order valence-corrected chi connectivity index (χ0v) is 13.2. The number of benzene rings is 2. The fourth-order valence-corrected chi connectivity index (χ4v) is 3.98. The van der Waals surface area contributed by atoms with E-state index in [0.717, 1.165) is 12.0 Å². The molecule has 2 aliphatic rings. The van der Waals surface area contributed by atoms with Gasteiger partial charge >= 0.3 is 0 Å². The van der Waals surface area contributed by atoms with E-state index in [-0.39, 0.29) is 29.3 Å². The lowest BCUT2D eigenvalue weighted by molar-refractivity contribution is -0.386. The number of nitro groups is 2. The number of nitrogens with one attached hydrogen (secondary N) is 1. The van der Waals surface area contributed by atoms with E-state index >= 15 is 0 Å². The first-order valence-corrected chi connectivity index (χ1v) is 8.01. The lowest BCUT2D eigenvalue weighted by Crippen LogP contribution is -2.30. The highest BCUT2D eigenvalue weighted by atomic mass is 16.6. The minimum Gasteiger partial charge on any atom is -0.372 e. The van der Waals surface area contributed by atoms with Crippen LogP contribution in [-0.4, -0.2) is 9.85 Å². The highest BCUT2D eigenvalue weighted by Crippen LogP contribution is 2.52. The minimum atomic E-state index is -0.415. The van der Waals surface area contributed by atoms with Crippen molar-refractivity contribution in [1.82, 2.24) is 0 Å². The molecular weight excluding hydrogens is 322 g/mol. The number of anilines is 1. The van der Waals surface area contributed by atoms with Crippen LogP contribution >= 0.6 is 0 Å². The van der Waals surface area contributed by atoms with E-state index in [1.165, 1.54) is 12.1 Å². The van der Waals surface area contributed by atoms with Crippen LogP contribution in [0.5, 0.6) is 0 Å². The van der Waals surface area contributed by atoms with Crippen LogP contribution in [0.25, 0.3) is 0 Å². The number of nitrogens with zero attached hydrogens (tertiary/aromatic N) is 2. The third-order valence-electron chi connectivity index (χ3n) is 5.04. The van der Waals surface area contributed by atoms with Gasteiger partial charge in [-0.2, -0.15) is 0 Å². The van der Waals surface area contributed by atoms with Crippen molar-refractivity contribution in [2.45, 2.75) is 18.4 Å². The Balaban J connectivity index is 1.88. The first-order valence-electron chi connectivity index (χ1n) is 8.01. The van der Waals surface area contributed by atoms with Crippen LogP contribution < -0.4 is 5.32 Å². The Hall–Kier alpha value is -3.22. The van der Waals surface area contributed by atoms with Crippen LogP contribution in [0, 0.1) is 26.1 Å². The average Bonchev–Trinajstić information content (AvgIpc) is 3.10. The first-order chi connectivity index (χ1) is 12.1. The van der Waals surface area contributed by atoms with Crippen LogP contribution in [0.4, 0.5) is 17.1 Å². The van der Waals surface area contributed by atoms with Gasteiger partial charge in [0.1, 0.15) is 5.69 Å². The van der Waals surface area contributed by atoms with Crippen molar-refractivity contribution in [3.05, 3.63) is 86.0 Å². The summed E-state index contributed by atoms with van der Waals surface area (Å²) in [6.45, 7) is 0. The topological polar surface area (TPSA) is 98.3 Å². The molecule has 25 heavy (non-hydrogen) atoms. The van der Waals surface area contributed by atoms with E-state index in [1.807, 2.05) is 12.1 Å². The van der Waals surface area contributed by atoms with Gasteiger partial charge in [0.25, 0.3) is 11.4 Å². The molecule has 0 saturated carbocycles. The molecule has 7 nitrogen and oxygen atoms in total. The summed E-state index contributed by atoms with van der Waals surface area (Å²) in [6.07, 6.45) is 4.87. The van der Waals surface area contributed by atoms with Crippen LogP contribution in [0.1, 0.15) is 29.5 Å². The van der Waals surface area contributed by atoms with E-state index in [9.17, 15) is 20.2 Å². The molecule has 0 saturated heterocycles. The maximum Gasteiger partial charge on any atom is 0.292 e. The first kappa shape index (κ1) is 15.3. The summed E-state index contributed by atoms with van der Waals surface area (Å²) >= 11 is 0. The molecule has 0 radical (unpaired) electrons. The molecule has 0 spiro atoms. The van der Waals surface area contributed by atoms with Gasteiger partial charge in [0.2, 0.25) is 0 Å². The Morgan fingerprint density at radius 1 is 0.920 bits per heavy atom. The summed E-state index contributed by atoms with van der Waals surface area (Å²) in [4.78, 5) is 22.0. The Kier molecular flexibility index (Phi) is 3.49. The molecule has 3 atom stereocenters. The fourth-order valence-electron chi connectivity index (χ4n) is 3.98. The van der Waals surface area contributed by atoms with Gasteiger partial charge in [-0.3, -0.25) is 20.2 Å². The van der Waals surface area contributed by atoms with Gasteiger partial charge in [-0.15, -0.1) is 0 Å². The Morgan fingerprint density at radius 3 is 2.36 bits per heavy atom. The molecule has 4 rings (SSSR count). The standard InChI is InChI=1S/C18H15N3O4/c22-20(23)15-9-2-1-5-14(15)17-12-7-3-6-11(12)13-8-4-10-16(21(24)25)18(13)19-17/h1-6,8-12,17,19H,7H2/t11-,12+,17+/m0/s1. The van der Waals surface area contributed by atoms with Crippen LogP contribution in [0.15, 0.2) is 54.6 Å². The summed E-state index contributed by atoms with van der Waals surface area (Å²) in [5.74, 6) is 0.108. The number of rotatable bonds is 3. The number of para-hydroxylation sites is 2. The average molecular weight is 337 g/mol. The molecule has 1 aliphatic heterocycles. The van der Waals surface area contributed by atoms with Crippen LogP contribution in [-0.2, 0) is 0 Å². The number of nitro benzene ring substituents is 2. The summed E-state index contributed by atoms with van der Waals surface area (Å²) in [6, 6.07) is 11.3. The van der Waals surface area contributed by atoms with Crippen molar-refractivity contribution in [2.24, 2.45) is 5.92 Å². The summed E-state index contributed by atoms with van der Waals surface area (Å²) in [5, 5.41) is 26.1. The second-order valence-electron chi connectivity index (χ2n) is 6.29. The molecule has 2 aromatic carbocycles. The molecule has 2 aromatic rings. The molecule has 1 heterocycles. The van der Waals surface area contributed by atoms with Gasteiger partial charge in [-0.1, -0.05) is 42.5 Å². The van der Waals surface area contributed by atoms with E-state index in [0.29, 0.717) is 11.3 Å². The second kappa shape index (κ2) is 5.70. The van der Waals surface area contributed by atoms with Crippen LogP contribution in [0.2, 0.25) is 0 Å². The van der Waals surface area contributed by atoms with Crippen LogP contribution in [0.3, 0.4) is 0 Å². The van der Waals surface area contributed by atoms with Crippen molar-refractivity contribution >= 4 is 17.1 Å².